The van der Waals surface area contributed by atoms with Gasteiger partial charge in [0, 0.05) is 31.1 Å². The average Bonchev–Trinajstić information content (AvgIpc) is 2.69. The molecule has 3 rings (SSSR count). The summed E-state index contributed by atoms with van der Waals surface area (Å²) in [7, 11) is 0. The van der Waals surface area contributed by atoms with Gasteiger partial charge in [-0.3, -0.25) is 9.59 Å². The van der Waals surface area contributed by atoms with Gasteiger partial charge in [-0.2, -0.15) is 5.10 Å². The number of aromatic nitrogens is 2. The van der Waals surface area contributed by atoms with Crippen LogP contribution in [0.5, 0.6) is 0 Å². The number of hydrogen-bond acceptors (Lipinski definition) is 4. The molecule has 1 amide bonds. The zero-order valence-corrected chi connectivity index (χ0v) is 18.0. The standard InChI is InChI=1S/C23H34N4O2/c1-4-5-8-14-27-23(29)20-12-7-6-11-19(20)21(25-27)22(28)24-18(3)16-26-13-9-10-17(2)15-26/h6-7,11-12,17-18H,4-5,8-10,13-16H2,1-3H3,(H,24,28)/t17-,18-/m0/s1. The van der Waals surface area contributed by atoms with E-state index < -0.39 is 0 Å². The van der Waals surface area contributed by atoms with E-state index in [-0.39, 0.29) is 17.5 Å². The molecule has 6 heteroatoms. The summed E-state index contributed by atoms with van der Waals surface area (Å²) >= 11 is 0. The molecular weight excluding hydrogens is 364 g/mol. The van der Waals surface area contributed by atoms with Crippen molar-refractivity contribution in [2.24, 2.45) is 5.92 Å². The van der Waals surface area contributed by atoms with E-state index >= 15 is 0 Å². The topological polar surface area (TPSA) is 67.2 Å². The van der Waals surface area contributed by atoms with Crippen LogP contribution in [0.3, 0.4) is 0 Å². The van der Waals surface area contributed by atoms with Crippen LogP contribution in [-0.4, -0.2) is 46.3 Å². The fourth-order valence-electron chi connectivity index (χ4n) is 4.24. The van der Waals surface area contributed by atoms with Gasteiger partial charge < -0.3 is 10.2 Å². The molecule has 1 aliphatic heterocycles. The number of nitrogens with zero attached hydrogens (tertiary/aromatic N) is 3. The summed E-state index contributed by atoms with van der Waals surface area (Å²) in [4.78, 5) is 28.3. The predicted octanol–water partition coefficient (Wildman–Crippen LogP) is 3.44. The van der Waals surface area contributed by atoms with Gasteiger partial charge in [-0.1, -0.05) is 44.9 Å². The Balaban J connectivity index is 1.78. The van der Waals surface area contributed by atoms with Crippen LogP contribution in [-0.2, 0) is 6.54 Å². The van der Waals surface area contributed by atoms with Gasteiger partial charge in [0.1, 0.15) is 0 Å². The van der Waals surface area contributed by atoms with Crippen molar-refractivity contribution in [3.63, 3.8) is 0 Å². The molecule has 6 nitrogen and oxygen atoms in total. The van der Waals surface area contributed by atoms with Crippen LogP contribution in [0.2, 0.25) is 0 Å². The molecule has 1 aromatic carbocycles. The number of fused-ring (bicyclic) bond motifs is 1. The first kappa shape index (κ1) is 21.5. The number of piperidine rings is 1. The fourth-order valence-corrected chi connectivity index (χ4v) is 4.24. The maximum absolute atomic E-state index is 13.1. The van der Waals surface area contributed by atoms with E-state index in [0.717, 1.165) is 38.9 Å². The largest absolute Gasteiger partial charge is 0.347 e. The number of aryl methyl sites for hydroxylation is 1. The fraction of sp³-hybridized carbons (Fsp3) is 0.609. The number of benzene rings is 1. The highest BCUT2D eigenvalue weighted by Crippen LogP contribution is 2.16. The molecule has 1 fully saturated rings. The Morgan fingerprint density at radius 2 is 2.03 bits per heavy atom. The van der Waals surface area contributed by atoms with E-state index in [1.165, 1.54) is 17.5 Å². The van der Waals surface area contributed by atoms with Crippen LogP contribution >= 0.6 is 0 Å². The van der Waals surface area contributed by atoms with Crippen molar-refractivity contribution in [1.29, 1.82) is 0 Å². The molecule has 0 spiro atoms. The molecule has 1 aliphatic rings. The lowest BCUT2D eigenvalue weighted by Gasteiger charge is -2.32. The minimum absolute atomic E-state index is 0.0221. The highest BCUT2D eigenvalue weighted by molar-refractivity contribution is 6.04. The molecule has 1 aromatic heterocycles. The first-order chi connectivity index (χ1) is 14.0. The Labute approximate surface area is 173 Å². The second kappa shape index (κ2) is 10.0. The number of carbonyl (C=O) groups is 1. The van der Waals surface area contributed by atoms with E-state index in [9.17, 15) is 9.59 Å². The van der Waals surface area contributed by atoms with Gasteiger partial charge in [-0.05, 0) is 44.7 Å². The smallest absolute Gasteiger partial charge is 0.274 e. The normalized spacial score (nSPS) is 18.7. The number of amides is 1. The highest BCUT2D eigenvalue weighted by Gasteiger charge is 2.21. The minimum atomic E-state index is -0.206. The van der Waals surface area contributed by atoms with Gasteiger partial charge in [0.2, 0.25) is 0 Å². The predicted molar refractivity (Wildman–Crippen MR) is 117 cm³/mol. The Morgan fingerprint density at radius 1 is 1.28 bits per heavy atom. The number of hydrogen-bond donors (Lipinski definition) is 1. The number of likely N-dealkylation sites (tertiary alicyclic amines) is 1. The SMILES string of the molecule is CCCCCn1nc(C(=O)N[C@@H](C)CN2CCC[C@H](C)C2)c2ccccc2c1=O. The van der Waals surface area contributed by atoms with Crippen molar-refractivity contribution in [2.45, 2.75) is 65.5 Å². The maximum Gasteiger partial charge on any atom is 0.274 e. The molecular formula is C23H34N4O2. The molecule has 0 radical (unpaired) electrons. The van der Waals surface area contributed by atoms with Crippen LogP contribution in [0, 0.1) is 5.92 Å². The van der Waals surface area contributed by atoms with Crippen molar-refractivity contribution in [3.05, 3.63) is 40.3 Å². The van der Waals surface area contributed by atoms with Gasteiger partial charge >= 0.3 is 0 Å². The first-order valence-corrected chi connectivity index (χ1v) is 11.0. The van der Waals surface area contributed by atoms with Crippen LogP contribution in [0.1, 0.15) is 63.4 Å². The lowest BCUT2D eigenvalue weighted by Crippen LogP contribution is -2.45. The van der Waals surface area contributed by atoms with Crippen molar-refractivity contribution < 1.29 is 4.79 Å². The van der Waals surface area contributed by atoms with Gasteiger partial charge in [0.05, 0.1) is 5.39 Å². The highest BCUT2D eigenvalue weighted by atomic mass is 16.2. The third-order valence-electron chi connectivity index (χ3n) is 5.71. The third-order valence-corrected chi connectivity index (χ3v) is 5.71. The molecule has 29 heavy (non-hydrogen) atoms. The molecule has 2 aromatic rings. The summed E-state index contributed by atoms with van der Waals surface area (Å²) in [6.07, 6.45) is 5.49. The van der Waals surface area contributed by atoms with Crippen LogP contribution in [0.25, 0.3) is 10.8 Å². The van der Waals surface area contributed by atoms with E-state index in [1.807, 2.05) is 25.1 Å². The summed E-state index contributed by atoms with van der Waals surface area (Å²) in [5.41, 5.74) is 0.221. The Kier molecular flexibility index (Phi) is 7.42. The summed E-state index contributed by atoms with van der Waals surface area (Å²) in [5.74, 6) is 0.506. The average molecular weight is 399 g/mol. The number of rotatable bonds is 8. The summed E-state index contributed by atoms with van der Waals surface area (Å²) in [5, 5.41) is 8.75. The minimum Gasteiger partial charge on any atom is -0.347 e. The van der Waals surface area contributed by atoms with Crippen LogP contribution < -0.4 is 10.9 Å². The second-order valence-corrected chi connectivity index (χ2v) is 8.51. The van der Waals surface area contributed by atoms with Gasteiger partial charge in [0.25, 0.3) is 11.5 Å². The molecule has 0 bridgehead atoms. The summed E-state index contributed by atoms with van der Waals surface area (Å²) in [6, 6.07) is 7.30. The lowest BCUT2D eigenvalue weighted by molar-refractivity contribution is 0.0914. The zero-order valence-electron chi connectivity index (χ0n) is 18.0. The van der Waals surface area contributed by atoms with E-state index in [4.69, 9.17) is 0 Å². The van der Waals surface area contributed by atoms with Crippen molar-refractivity contribution in [3.8, 4) is 0 Å². The molecule has 158 valence electrons. The molecule has 1 saturated heterocycles. The Bertz CT molecular complexity index is 892. The van der Waals surface area contributed by atoms with Crippen molar-refractivity contribution in [1.82, 2.24) is 20.0 Å². The molecule has 2 atom stereocenters. The van der Waals surface area contributed by atoms with Gasteiger partial charge in [-0.25, -0.2) is 4.68 Å². The van der Waals surface area contributed by atoms with Crippen molar-refractivity contribution in [2.75, 3.05) is 19.6 Å². The second-order valence-electron chi connectivity index (χ2n) is 8.51. The Morgan fingerprint density at radius 3 is 2.76 bits per heavy atom. The van der Waals surface area contributed by atoms with Crippen LogP contribution in [0.15, 0.2) is 29.1 Å². The molecule has 0 aliphatic carbocycles. The number of nitrogens with one attached hydrogen (secondary N) is 1. The Hall–Kier alpha value is -2.21. The monoisotopic (exact) mass is 398 g/mol. The van der Waals surface area contributed by atoms with Crippen molar-refractivity contribution >= 4 is 16.7 Å². The number of carbonyl (C=O) groups excluding carboxylic acids is 1. The molecule has 0 saturated carbocycles. The van der Waals surface area contributed by atoms with E-state index in [2.05, 4.69) is 29.2 Å². The van der Waals surface area contributed by atoms with Gasteiger partial charge in [0.15, 0.2) is 5.69 Å². The quantitative estimate of drug-likeness (QED) is 0.692. The molecule has 0 unspecified atom stereocenters. The first-order valence-electron chi connectivity index (χ1n) is 11.0. The summed E-state index contributed by atoms with van der Waals surface area (Å²) in [6.45, 7) is 10.0. The third kappa shape index (κ3) is 5.44. The zero-order chi connectivity index (χ0) is 20.8. The lowest BCUT2D eigenvalue weighted by atomic mass is 10.00. The van der Waals surface area contributed by atoms with E-state index in [0.29, 0.717) is 28.9 Å². The molecule has 2 heterocycles. The van der Waals surface area contributed by atoms with E-state index in [1.54, 1.807) is 6.07 Å². The number of unbranched alkanes of at least 4 members (excludes halogenated alkanes) is 2. The maximum atomic E-state index is 13.1. The summed E-state index contributed by atoms with van der Waals surface area (Å²) < 4.78 is 1.46. The van der Waals surface area contributed by atoms with Gasteiger partial charge in [-0.15, -0.1) is 0 Å². The van der Waals surface area contributed by atoms with Crippen LogP contribution in [0.4, 0.5) is 0 Å². The molecule has 1 N–H and O–H groups in total.